The predicted octanol–water partition coefficient (Wildman–Crippen LogP) is 4.09. The number of halogens is 2. The molecule has 0 aromatic heterocycles. The number of benzene rings is 2. The second-order valence-electron chi connectivity index (χ2n) is 3.87. The van der Waals surface area contributed by atoms with Crippen LogP contribution in [-0.2, 0) is 0 Å². The van der Waals surface area contributed by atoms with Crippen molar-refractivity contribution < 1.29 is 19.0 Å². The van der Waals surface area contributed by atoms with Gasteiger partial charge in [-0.15, -0.1) is 0 Å². The van der Waals surface area contributed by atoms with Gasteiger partial charge in [-0.2, -0.15) is 0 Å². The van der Waals surface area contributed by atoms with Crippen LogP contribution < -0.4 is 4.74 Å². The number of nitro groups is 2. The summed E-state index contributed by atoms with van der Waals surface area (Å²) in [5, 5.41) is 21.1. The van der Waals surface area contributed by atoms with Gasteiger partial charge in [0.1, 0.15) is 22.3 Å². The third-order valence-corrected chi connectivity index (χ3v) is 2.72. The molecule has 7 nitrogen and oxygen atoms in total. The Hall–Kier alpha value is -2.74. The summed E-state index contributed by atoms with van der Waals surface area (Å²) in [6, 6.07) is 6.25. The molecule has 0 bridgehead atoms. The molecular formula is C12H6ClFN2O5. The van der Waals surface area contributed by atoms with Crippen LogP contribution in [-0.4, -0.2) is 9.85 Å². The van der Waals surface area contributed by atoms with Crippen molar-refractivity contribution in [2.45, 2.75) is 0 Å². The summed E-state index contributed by atoms with van der Waals surface area (Å²) >= 11 is 5.70. The lowest BCUT2D eigenvalue weighted by Gasteiger charge is -2.06. The zero-order chi connectivity index (χ0) is 15.6. The number of hydrogen-bond acceptors (Lipinski definition) is 5. The van der Waals surface area contributed by atoms with Crippen molar-refractivity contribution in [1.82, 2.24) is 0 Å². The van der Waals surface area contributed by atoms with E-state index < -0.39 is 21.4 Å². The van der Waals surface area contributed by atoms with E-state index in [1.165, 1.54) is 6.07 Å². The Morgan fingerprint density at radius 2 is 1.71 bits per heavy atom. The van der Waals surface area contributed by atoms with Crippen LogP contribution in [0.4, 0.5) is 15.8 Å². The molecule has 2 aromatic carbocycles. The van der Waals surface area contributed by atoms with Crippen molar-refractivity contribution in [3.05, 3.63) is 67.5 Å². The van der Waals surface area contributed by atoms with Crippen molar-refractivity contribution in [3.8, 4) is 11.5 Å². The average molecular weight is 313 g/mol. The monoisotopic (exact) mass is 312 g/mol. The molecule has 0 fully saturated rings. The largest absolute Gasteiger partial charge is 0.457 e. The SMILES string of the molecule is O=[N+]([O-])c1cc(F)cc(Oc2ccc([N+](=O)[O-])c(Cl)c2)c1. The molecule has 0 saturated carbocycles. The van der Waals surface area contributed by atoms with E-state index in [0.717, 1.165) is 30.3 Å². The molecule has 108 valence electrons. The maximum absolute atomic E-state index is 13.2. The molecule has 2 rings (SSSR count). The second-order valence-corrected chi connectivity index (χ2v) is 4.28. The van der Waals surface area contributed by atoms with Crippen LogP contribution in [0.25, 0.3) is 0 Å². The third-order valence-electron chi connectivity index (χ3n) is 2.42. The predicted molar refractivity (Wildman–Crippen MR) is 71.2 cm³/mol. The third kappa shape index (κ3) is 3.42. The Bertz CT molecular complexity index is 738. The Morgan fingerprint density at radius 3 is 2.29 bits per heavy atom. The van der Waals surface area contributed by atoms with E-state index in [1.54, 1.807) is 0 Å². The quantitative estimate of drug-likeness (QED) is 0.626. The first-order valence-corrected chi connectivity index (χ1v) is 5.81. The Labute approximate surface area is 121 Å². The van der Waals surface area contributed by atoms with E-state index in [1.807, 2.05) is 0 Å². The molecule has 2 aromatic rings. The molecule has 0 atom stereocenters. The highest BCUT2D eigenvalue weighted by molar-refractivity contribution is 6.32. The summed E-state index contributed by atoms with van der Waals surface area (Å²) in [6.07, 6.45) is 0. The van der Waals surface area contributed by atoms with Gasteiger partial charge in [0.15, 0.2) is 0 Å². The minimum absolute atomic E-state index is 0.0884. The zero-order valence-electron chi connectivity index (χ0n) is 10.2. The Kier molecular flexibility index (Phi) is 3.99. The first kappa shape index (κ1) is 14.7. The molecule has 0 amide bonds. The molecule has 21 heavy (non-hydrogen) atoms. The van der Waals surface area contributed by atoms with Crippen molar-refractivity contribution >= 4 is 23.0 Å². The summed E-state index contributed by atoms with van der Waals surface area (Å²) in [5.41, 5.74) is -0.785. The van der Waals surface area contributed by atoms with Crippen LogP contribution in [0.1, 0.15) is 0 Å². The van der Waals surface area contributed by atoms with E-state index in [0.29, 0.717) is 0 Å². The maximum atomic E-state index is 13.2. The van der Waals surface area contributed by atoms with Gasteiger partial charge in [-0.25, -0.2) is 4.39 Å². The molecule has 0 aliphatic rings. The molecule has 0 aliphatic heterocycles. The minimum Gasteiger partial charge on any atom is -0.457 e. The van der Waals surface area contributed by atoms with Crippen molar-refractivity contribution in [2.24, 2.45) is 0 Å². The number of ether oxygens (including phenoxy) is 1. The van der Waals surface area contributed by atoms with Gasteiger partial charge in [-0.1, -0.05) is 11.6 Å². The molecule has 0 N–H and O–H groups in total. The Balaban J connectivity index is 2.32. The number of nitrogens with zero attached hydrogens (tertiary/aromatic N) is 2. The zero-order valence-corrected chi connectivity index (χ0v) is 10.9. The fourth-order valence-electron chi connectivity index (χ4n) is 1.55. The van der Waals surface area contributed by atoms with Crippen molar-refractivity contribution in [1.29, 1.82) is 0 Å². The van der Waals surface area contributed by atoms with E-state index in [-0.39, 0.29) is 22.2 Å². The topological polar surface area (TPSA) is 95.5 Å². The number of non-ortho nitro benzene ring substituents is 1. The highest BCUT2D eigenvalue weighted by atomic mass is 35.5. The maximum Gasteiger partial charge on any atom is 0.288 e. The molecule has 0 spiro atoms. The van der Waals surface area contributed by atoms with E-state index >= 15 is 0 Å². The average Bonchev–Trinajstić information content (AvgIpc) is 2.37. The Morgan fingerprint density at radius 1 is 1.00 bits per heavy atom. The first-order valence-electron chi connectivity index (χ1n) is 5.43. The second kappa shape index (κ2) is 5.71. The minimum atomic E-state index is -0.841. The van der Waals surface area contributed by atoms with Gasteiger partial charge in [0, 0.05) is 18.2 Å². The number of rotatable bonds is 4. The molecule has 0 unspecified atom stereocenters. The van der Waals surface area contributed by atoms with Crippen LogP contribution in [0, 0.1) is 26.0 Å². The van der Waals surface area contributed by atoms with Gasteiger partial charge in [0.05, 0.1) is 22.0 Å². The highest BCUT2D eigenvalue weighted by Gasteiger charge is 2.15. The lowest BCUT2D eigenvalue weighted by Crippen LogP contribution is -1.93. The first-order chi connectivity index (χ1) is 9.86. The fourth-order valence-corrected chi connectivity index (χ4v) is 1.79. The smallest absolute Gasteiger partial charge is 0.288 e. The molecule has 0 radical (unpaired) electrons. The summed E-state index contributed by atoms with van der Waals surface area (Å²) in [4.78, 5) is 19.8. The molecule has 0 heterocycles. The van der Waals surface area contributed by atoms with Gasteiger partial charge in [0.2, 0.25) is 0 Å². The van der Waals surface area contributed by atoms with Crippen LogP contribution in [0.3, 0.4) is 0 Å². The van der Waals surface area contributed by atoms with Crippen molar-refractivity contribution in [2.75, 3.05) is 0 Å². The van der Waals surface area contributed by atoms with E-state index in [9.17, 15) is 24.6 Å². The molecular weight excluding hydrogens is 307 g/mol. The molecule has 0 saturated heterocycles. The number of nitro benzene ring substituents is 2. The summed E-state index contributed by atoms with van der Waals surface area (Å²) in [5.74, 6) is -0.871. The summed E-state index contributed by atoms with van der Waals surface area (Å²) < 4.78 is 18.5. The van der Waals surface area contributed by atoms with Gasteiger partial charge < -0.3 is 4.74 Å². The molecule has 0 aliphatic carbocycles. The van der Waals surface area contributed by atoms with Crippen LogP contribution in [0.2, 0.25) is 5.02 Å². The van der Waals surface area contributed by atoms with Crippen molar-refractivity contribution in [3.63, 3.8) is 0 Å². The van der Waals surface area contributed by atoms with Crippen LogP contribution >= 0.6 is 11.6 Å². The van der Waals surface area contributed by atoms with Gasteiger partial charge >= 0.3 is 0 Å². The lowest BCUT2D eigenvalue weighted by molar-refractivity contribution is -0.385. The van der Waals surface area contributed by atoms with Crippen LogP contribution in [0.5, 0.6) is 11.5 Å². The normalized spacial score (nSPS) is 10.2. The van der Waals surface area contributed by atoms with Gasteiger partial charge in [-0.3, -0.25) is 20.2 Å². The molecule has 9 heteroatoms. The summed E-state index contributed by atoms with van der Waals surface area (Å²) in [6.45, 7) is 0. The van der Waals surface area contributed by atoms with Gasteiger partial charge in [-0.05, 0) is 6.07 Å². The standard InChI is InChI=1S/C12H6ClFN2O5/c13-11-6-9(1-2-12(11)16(19)20)21-10-4-7(14)3-8(5-10)15(17)18/h1-6H. The highest BCUT2D eigenvalue weighted by Crippen LogP contribution is 2.32. The lowest BCUT2D eigenvalue weighted by atomic mass is 10.3. The fraction of sp³-hybridized carbons (Fsp3) is 0. The van der Waals surface area contributed by atoms with Crippen LogP contribution in [0.15, 0.2) is 36.4 Å². The van der Waals surface area contributed by atoms with E-state index in [2.05, 4.69) is 0 Å². The van der Waals surface area contributed by atoms with Gasteiger partial charge in [0.25, 0.3) is 11.4 Å². The van der Waals surface area contributed by atoms with E-state index in [4.69, 9.17) is 16.3 Å². The number of hydrogen-bond donors (Lipinski definition) is 0. The summed E-state index contributed by atoms with van der Waals surface area (Å²) in [7, 11) is 0.